The number of rotatable bonds is 3. The Morgan fingerprint density at radius 2 is 2.00 bits per heavy atom. The van der Waals surface area contributed by atoms with E-state index in [2.05, 4.69) is 24.5 Å². The van der Waals surface area contributed by atoms with Gasteiger partial charge >= 0.3 is 5.97 Å². The minimum absolute atomic E-state index is 0.0405. The van der Waals surface area contributed by atoms with Gasteiger partial charge in [0.25, 0.3) is 0 Å². The molecular formula is C20H22N2O3S. The normalized spacial score (nSPS) is 17.4. The molecule has 0 radical (unpaired) electrons. The molecule has 3 rings (SSSR count). The number of nitrogens with one attached hydrogen (secondary N) is 2. The Labute approximate surface area is 158 Å². The topological polar surface area (TPSA) is 59.6 Å². The van der Waals surface area contributed by atoms with E-state index in [0.29, 0.717) is 10.7 Å². The minimum atomic E-state index is -0.382. The molecule has 0 amide bonds. The molecular weight excluding hydrogens is 348 g/mol. The number of para-hydroxylation sites is 1. The van der Waals surface area contributed by atoms with Crippen LogP contribution in [0.15, 0.2) is 48.5 Å². The molecule has 2 N–H and O–H groups in total. The summed E-state index contributed by atoms with van der Waals surface area (Å²) in [5.74, 6) is 0.490. The van der Waals surface area contributed by atoms with E-state index >= 15 is 0 Å². The van der Waals surface area contributed by atoms with Gasteiger partial charge in [0, 0.05) is 17.7 Å². The van der Waals surface area contributed by atoms with Crippen molar-refractivity contribution in [3.05, 3.63) is 59.7 Å². The van der Waals surface area contributed by atoms with Crippen molar-refractivity contribution in [1.82, 2.24) is 5.32 Å². The molecule has 136 valence electrons. The molecule has 0 fully saturated rings. The summed E-state index contributed by atoms with van der Waals surface area (Å²) in [5, 5.41) is 6.99. The van der Waals surface area contributed by atoms with Crippen LogP contribution in [0.2, 0.25) is 0 Å². The largest absolute Gasteiger partial charge is 0.487 e. The standard InChI is InChI=1S/C20H22N2O3S/c1-20(2)12-16(15-9-4-5-10-17(15)25-20)22-19(26)21-14-8-6-7-13(11-14)18(23)24-3/h4-11,16H,12H2,1-3H3,(H2,21,22,26). The molecule has 1 atom stereocenters. The van der Waals surface area contributed by atoms with E-state index in [-0.39, 0.29) is 17.6 Å². The Morgan fingerprint density at radius 3 is 2.77 bits per heavy atom. The number of carbonyl (C=O) groups is 1. The number of anilines is 1. The quantitative estimate of drug-likeness (QED) is 0.628. The van der Waals surface area contributed by atoms with Crippen LogP contribution in [0.5, 0.6) is 5.75 Å². The SMILES string of the molecule is COC(=O)c1cccc(NC(=S)NC2CC(C)(C)Oc3ccccc32)c1. The summed E-state index contributed by atoms with van der Waals surface area (Å²) < 4.78 is 10.8. The maximum Gasteiger partial charge on any atom is 0.337 e. The highest BCUT2D eigenvalue weighted by Crippen LogP contribution is 2.39. The third-order valence-corrected chi connectivity index (χ3v) is 4.44. The molecule has 0 saturated carbocycles. The van der Waals surface area contributed by atoms with Crippen molar-refractivity contribution in [3.8, 4) is 5.75 Å². The summed E-state index contributed by atoms with van der Waals surface area (Å²) in [6.45, 7) is 4.13. The van der Waals surface area contributed by atoms with Gasteiger partial charge in [-0.05, 0) is 50.3 Å². The zero-order chi connectivity index (χ0) is 18.7. The van der Waals surface area contributed by atoms with E-state index in [1.165, 1.54) is 7.11 Å². The lowest BCUT2D eigenvalue weighted by molar-refractivity contribution is 0.0600. The van der Waals surface area contributed by atoms with Gasteiger partial charge in [0.1, 0.15) is 11.4 Å². The smallest absolute Gasteiger partial charge is 0.337 e. The van der Waals surface area contributed by atoms with Crippen molar-refractivity contribution >= 4 is 29.0 Å². The average molecular weight is 370 g/mol. The van der Waals surface area contributed by atoms with Crippen LogP contribution in [-0.2, 0) is 4.74 Å². The van der Waals surface area contributed by atoms with Gasteiger partial charge in [-0.1, -0.05) is 24.3 Å². The van der Waals surface area contributed by atoms with Crippen LogP contribution >= 0.6 is 12.2 Å². The molecule has 2 aromatic rings. The molecule has 0 aliphatic carbocycles. The van der Waals surface area contributed by atoms with Crippen molar-refractivity contribution in [1.29, 1.82) is 0 Å². The number of benzene rings is 2. The minimum Gasteiger partial charge on any atom is -0.487 e. The van der Waals surface area contributed by atoms with Gasteiger partial charge in [-0.15, -0.1) is 0 Å². The molecule has 1 aliphatic heterocycles. The molecule has 0 spiro atoms. The first-order chi connectivity index (χ1) is 12.4. The first-order valence-electron chi connectivity index (χ1n) is 8.42. The maximum absolute atomic E-state index is 11.7. The fraction of sp³-hybridized carbons (Fsp3) is 0.300. The number of methoxy groups -OCH3 is 1. The summed E-state index contributed by atoms with van der Waals surface area (Å²) in [6.07, 6.45) is 0.786. The van der Waals surface area contributed by atoms with E-state index in [4.69, 9.17) is 21.7 Å². The second-order valence-corrected chi connectivity index (χ2v) is 7.24. The lowest BCUT2D eigenvalue weighted by Crippen LogP contribution is -2.42. The van der Waals surface area contributed by atoms with Crippen LogP contribution in [0.1, 0.15) is 42.2 Å². The van der Waals surface area contributed by atoms with Gasteiger partial charge in [-0.2, -0.15) is 0 Å². The highest BCUT2D eigenvalue weighted by molar-refractivity contribution is 7.80. The molecule has 6 heteroatoms. The number of carbonyl (C=O) groups excluding carboxylic acids is 1. The van der Waals surface area contributed by atoms with E-state index in [0.717, 1.165) is 23.4 Å². The number of hydrogen-bond donors (Lipinski definition) is 2. The summed E-state index contributed by atoms with van der Waals surface area (Å²) in [6, 6.07) is 15.1. The third kappa shape index (κ3) is 4.14. The van der Waals surface area contributed by atoms with Crippen LogP contribution in [-0.4, -0.2) is 23.8 Å². The van der Waals surface area contributed by atoms with Crippen LogP contribution in [0.4, 0.5) is 5.69 Å². The number of fused-ring (bicyclic) bond motifs is 1. The molecule has 2 aromatic carbocycles. The van der Waals surface area contributed by atoms with E-state index in [1.807, 2.05) is 30.3 Å². The fourth-order valence-electron chi connectivity index (χ4n) is 3.10. The number of esters is 1. The molecule has 1 aliphatic rings. The Morgan fingerprint density at radius 1 is 1.23 bits per heavy atom. The number of hydrogen-bond acceptors (Lipinski definition) is 4. The van der Waals surface area contributed by atoms with Crippen molar-refractivity contribution in [2.45, 2.75) is 31.9 Å². The summed E-state index contributed by atoms with van der Waals surface area (Å²) >= 11 is 5.48. The number of thiocarbonyl (C=S) groups is 1. The van der Waals surface area contributed by atoms with Crippen LogP contribution in [0.25, 0.3) is 0 Å². The average Bonchev–Trinajstić information content (AvgIpc) is 2.60. The zero-order valence-electron chi connectivity index (χ0n) is 15.0. The lowest BCUT2D eigenvalue weighted by Gasteiger charge is -2.38. The van der Waals surface area contributed by atoms with Gasteiger partial charge < -0.3 is 20.1 Å². The summed E-state index contributed by atoms with van der Waals surface area (Å²) in [4.78, 5) is 11.7. The molecule has 0 aromatic heterocycles. The van der Waals surface area contributed by atoms with Gasteiger partial charge in [-0.25, -0.2) is 4.79 Å². The predicted molar refractivity (Wildman–Crippen MR) is 106 cm³/mol. The van der Waals surface area contributed by atoms with Gasteiger partial charge in [0.15, 0.2) is 5.11 Å². The van der Waals surface area contributed by atoms with E-state index in [1.54, 1.807) is 18.2 Å². The first-order valence-corrected chi connectivity index (χ1v) is 8.82. The van der Waals surface area contributed by atoms with Gasteiger partial charge in [0.2, 0.25) is 0 Å². The molecule has 0 bridgehead atoms. The first kappa shape index (κ1) is 18.2. The van der Waals surface area contributed by atoms with Crippen molar-refractivity contribution < 1.29 is 14.3 Å². The zero-order valence-corrected chi connectivity index (χ0v) is 15.9. The van der Waals surface area contributed by atoms with Crippen LogP contribution < -0.4 is 15.4 Å². The fourth-order valence-corrected chi connectivity index (χ4v) is 3.36. The second-order valence-electron chi connectivity index (χ2n) is 6.83. The Balaban J connectivity index is 1.73. The molecule has 1 unspecified atom stereocenters. The van der Waals surface area contributed by atoms with E-state index in [9.17, 15) is 4.79 Å². The van der Waals surface area contributed by atoms with Gasteiger partial charge in [0.05, 0.1) is 18.7 Å². The predicted octanol–water partition coefficient (Wildman–Crippen LogP) is 4.06. The van der Waals surface area contributed by atoms with Crippen LogP contribution in [0.3, 0.4) is 0 Å². The van der Waals surface area contributed by atoms with Crippen molar-refractivity contribution in [2.24, 2.45) is 0 Å². The second kappa shape index (κ2) is 7.33. The maximum atomic E-state index is 11.7. The highest BCUT2D eigenvalue weighted by Gasteiger charge is 2.33. The number of ether oxygens (including phenoxy) is 2. The third-order valence-electron chi connectivity index (χ3n) is 4.22. The van der Waals surface area contributed by atoms with Crippen molar-refractivity contribution in [2.75, 3.05) is 12.4 Å². The highest BCUT2D eigenvalue weighted by atomic mass is 32.1. The Bertz CT molecular complexity index is 835. The summed E-state index contributed by atoms with van der Waals surface area (Å²) in [7, 11) is 1.36. The molecule has 5 nitrogen and oxygen atoms in total. The monoisotopic (exact) mass is 370 g/mol. The summed E-state index contributed by atoms with van der Waals surface area (Å²) in [5.41, 5.74) is 1.99. The molecule has 26 heavy (non-hydrogen) atoms. The van der Waals surface area contributed by atoms with E-state index < -0.39 is 0 Å². The lowest BCUT2D eigenvalue weighted by atomic mass is 9.90. The molecule has 1 heterocycles. The Hall–Kier alpha value is -2.60. The Kier molecular flexibility index (Phi) is 5.13. The van der Waals surface area contributed by atoms with Crippen LogP contribution in [0, 0.1) is 0 Å². The molecule has 0 saturated heterocycles. The van der Waals surface area contributed by atoms with Gasteiger partial charge in [-0.3, -0.25) is 0 Å². The van der Waals surface area contributed by atoms with Crippen molar-refractivity contribution in [3.63, 3.8) is 0 Å².